The summed E-state index contributed by atoms with van der Waals surface area (Å²) in [5.74, 6) is 2.06. The van der Waals surface area contributed by atoms with Gasteiger partial charge in [0.05, 0.1) is 0 Å². The molecular formula is C17H24N2. The van der Waals surface area contributed by atoms with Crippen molar-refractivity contribution in [3.63, 3.8) is 0 Å². The average Bonchev–Trinajstić information content (AvgIpc) is 3.35. The molecule has 0 spiro atoms. The first-order valence-corrected chi connectivity index (χ1v) is 7.94. The van der Waals surface area contributed by atoms with E-state index in [1.54, 1.807) is 0 Å². The molecule has 2 saturated carbocycles. The Hall–Kier alpha value is -0.860. The summed E-state index contributed by atoms with van der Waals surface area (Å²) in [5, 5.41) is 3.70. The minimum atomic E-state index is 0.537. The van der Waals surface area contributed by atoms with Crippen LogP contribution in [0.15, 0.2) is 30.3 Å². The normalized spacial score (nSPS) is 28.8. The van der Waals surface area contributed by atoms with E-state index >= 15 is 0 Å². The van der Waals surface area contributed by atoms with Gasteiger partial charge in [-0.2, -0.15) is 0 Å². The van der Waals surface area contributed by atoms with Crippen LogP contribution in [0, 0.1) is 11.8 Å². The SMILES string of the molecule is c1ccc(C2CN(C(C3CC3)C3CC3)CCN2)cc1. The highest BCUT2D eigenvalue weighted by Crippen LogP contribution is 2.47. The largest absolute Gasteiger partial charge is 0.308 e. The van der Waals surface area contributed by atoms with Gasteiger partial charge in [-0.15, -0.1) is 0 Å². The molecule has 1 unspecified atom stereocenters. The molecule has 1 atom stereocenters. The Labute approximate surface area is 116 Å². The first-order valence-electron chi connectivity index (χ1n) is 7.94. The summed E-state index contributed by atoms with van der Waals surface area (Å²) in [6.07, 6.45) is 5.95. The van der Waals surface area contributed by atoms with Gasteiger partial charge >= 0.3 is 0 Å². The monoisotopic (exact) mass is 256 g/mol. The van der Waals surface area contributed by atoms with Crippen LogP contribution in [-0.2, 0) is 0 Å². The Morgan fingerprint density at radius 2 is 1.68 bits per heavy atom. The van der Waals surface area contributed by atoms with E-state index in [4.69, 9.17) is 0 Å². The average molecular weight is 256 g/mol. The fourth-order valence-corrected chi connectivity index (χ4v) is 3.81. The van der Waals surface area contributed by atoms with Crippen LogP contribution in [-0.4, -0.2) is 30.6 Å². The van der Waals surface area contributed by atoms with Gasteiger partial charge in [0.15, 0.2) is 0 Å². The highest BCUT2D eigenvalue weighted by atomic mass is 15.2. The first kappa shape index (κ1) is 11.9. The van der Waals surface area contributed by atoms with E-state index in [-0.39, 0.29) is 0 Å². The molecule has 0 aromatic heterocycles. The molecular weight excluding hydrogens is 232 g/mol. The van der Waals surface area contributed by atoms with E-state index in [0.29, 0.717) is 6.04 Å². The second-order valence-electron chi connectivity index (χ2n) is 6.58. The predicted molar refractivity (Wildman–Crippen MR) is 78.0 cm³/mol. The smallest absolute Gasteiger partial charge is 0.0449 e. The fourth-order valence-electron chi connectivity index (χ4n) is 3.81. The molecule has 19 heavy (non-hydrogen) atoms. The van der Waals surface area contributed by atoms with E-state index in [9.17, 15) is 0 Å². The minimum Gasteiger partial charge on any atom is -0.308 e. The first-order chi connectivity index (χ1) is 9.42. The summed E-state index contributed by atoms with van der Waals surface area (Å²) in [5.41, 5.74) is 1.46. The van der Waals surface area contributed by atoms with E-state index < -0.39 is 0 Å². The van der Waals surface area contributed by atoms with Gasteiger partial charge in [-0.05, 0) is 43.1 Å². The second-order valence-corrected chi connectivity index (χ2v) is 6.58. The third kappa shape index (κ3) is 2.56. The molecule has 2 aliphatic carbocycles. The van der Waals surface area contributed by atoms with Crippen LogP contribution >= 0.6 is 0 Å². The lowest BCUT2D eigenvalue weighted by Gasteiger charge is -2.39. The molecule has 1 aromatic carbocycles. The Morgan fingerprint density at radius 3 is 2.32 bits per heavy atom. The molecule has 102 valence electrons. The van der Waals surface area contributed by atoms with Crippen molar-refractivity contribution in [3.8, 4) is 0 Å². The topological polar surface area (TPSA) is 15.3 Å². The standard InChI is InChI=1S/C17H24N2/c1-2-4-13(5-3-1)16-12-19(11-10-18-16)17(14-6-7-14)15-8-9-15/h1-5,14-18H,6-12H2. The number of nitrogens with one attached hydrogen (secondary N) is 1. The van der Waals surface area contributed by atoms with Gasteiger partial charge in [0.25, 0.3) is 0 Å². The van der Waals surface area contributed by atoms with Gasteiger partial charge in [0.2, 0.25) is 0 Å². The molecule has 1 saturated heterocycles. The number of hydrogen-bond donors (Lipinski definition) is 1. The van der Waals surface area contributed by atoms with Crippen molar-refractivity contribution < 1.29 is 0 Å². The molecule has 0 amide bonds. The molecule has 0 bridgehead atoms. The summed E-state index contributed by atoms with van der Waals surface area (Å²) >= 11 is 0. The third-order valence-corrected chi connectivity index (χ3v) is 5.04. The highest BCUT2D eigenvalue weighted by Gasteiger charge is 2.45. The number of hydrogen-bond acceptors (Lipinski definition) is 2. The van der Waals surface area contributed by atoms with Crippen molar-refractivity contribution in [2.24, 2.45) is 11.8 Å². The summed E-state index contributed by atoms with van der Waals surface area (Å²) in [7, 11) is 0. The lowest BCUT2D eigenvalue weighted by Crippen LogP contribution is -2.51. The lowest BCUT2D eigenvalue weighted by molar-refractivity contribution is 0.114. The molecule has 1 N–H and O–H groups in total. The van der Waals surface area contributed by atoms with Crippen molar-refractivity contribution in [3.05, 3.63) is 35.9 Å². The molecule has 2 heteroatoms. The van der Waals surface area contributed by atoms with Gasteiger partial charge < -0.3 is 5.32 Å². The van der Waals surface area contributed by atoms with E-state index in [2.05, 4.69) is 40.5 Å². The molecule has 1 aromatic rings. The van der Waals surface area contributed by atoms with Crippen molar-refractivity contribution >= 4 is 0 Å². The number of nitrogens with zero attached hydrogens (tertiary/aromatic N) is 1. The van der Waals surface area contributed by atoms with Crippen molar-refractivity contribution in [1.82, 2.24) is 10.2 Å². The molecule has 2 nitrogen and oxygen atoms in total. The van der Waals surface area contributed by atoms with Gasteiger partial charge in [-0.1, -0.05) is 30.3 Å². The Balaban J connectivity index is 1.48. The maximum absolute atomic E-state index is 3.70. The molecule has 1 heterocycles. The van der Waals surface area contributed by atoms with Crippen LogP contribution in [0.1, 0.15) is 37.3 Å². The summed E-state index contributed by atoms with van der Waals surface area (Å²) in [6.45, 7) is 3.61. The number of rotatable bonds is 4. The summed E-state index contributed by atoms with van der Waals surface area (Å²) in [6, 6.07) is 12.4. The Kier molecular flexibility index (Phi) is 3.08. The molecule has 3 fully saturated rings. The predicted octanol–water partition coefficient (Wildman–Crippen LogP) is 2.82. The quantitative estimate of drug-likeness (QED) is 0.891. The maximum atomic E-state index is 3.70. The molecule has 3 aliphatic rings. The zero-order valence-corrected chi connectivity index (χ0v) is 11.6. The van der Waals surface area contributed by atoms with E-state index in [1.807, 2.05) is 0 Å². The van der Waals surface area contributed by atoms with Crippen LogP contribution in [0.2, 0.25) is 0 Å². The van der Waals surface area contributed by atoms with Gasteiger partial charge in [-0.25, -0.2) is 0 Å². The van der Waals surface area contributed by atoms with Gasteiger partial charge in [0.1, 0.15) is 0 Å². The van der Waals surface area contributed by atoms with Crippen LogP contribution in [0.25, 0.3) is 0 Å². The highest BCUT2D eigenvalue weighted by molar-refractivity contribution is 5.20. The zero-order valence-electron chi connectivity index (χ0n) is 11.6. The van der Waals surface area contributed by atoms with Gasteiger partial charge in [0, 0.05) is 31.7 Å². The number of benzene rings is 1. The fraction of sp³-hybridized carbons (Fsp3) is 0.647. The summed E-state index contributed by atoms with van der Waals surface area (Å²) in [4.78, 5) is 2.81. The lowest BCUT2D eigenvalue weighted by atomic mass is 9.99. The Bertz CT molecular complexity index is 410. The third-order valence-electron chi connectivity index (χ3n) is 5.04. The van der Waals surface area contributed by atoms with Crippen LogP contribution in [0.5, 0.6) is 0 Å². The van der Waals surface area contributed by atoms with E-state index in [1.165, 1.54) is 44.3 Å². The molecule has 4 rings (SSSR count). The summed E-state index contributed by atoms with van der Waals surface area (Å²) < 4.78 is 0. The van der Waals surface area contributed by atoms with Crippen LogP contribution in [0.4, 0.5) is 0 Å². The number of piperazine rings is 1. The molecule has 1 aliphatic heterocycles. The zero-order chi connectivity index (χ0) is 12.7. The maximum Gasteiger partial charge on any atom is 0.0449 e. The minimum absolute atomic E-state index is 0.537. The van der Waals surface area contributed by atoms with Crippen molar-refractivity contribution in [1.29, 1.82) is 0 Å². The van der Waals surface area contributed by atoms with E-state index in [0.717, 1.165) is 24.4 Å². The van der Waals surface area contributed by atoms with Crippen molar-refractivity contribution in [2.75, 3.05) is 19.6 Å². The van der Waals surface area contributed by atoms with Gasteiger partial charge in [-0.3, -0.25) is 4.90 Å². The van der Waals surface area contributed by atoms with Crippen LogP contribution < -0.4 is 5.32 Å². The second kappa shape index (κ2) is 4.92. The van der Waals surface area contributed by atoms with Crippen molar-refractivity contribution in [2.45, 2.75) is 37.8 Å². The Morgan fingerprint density at radius 1 is 1.00 bits per heavy atom. The van der Waals surface area contributed by atoms with Crippen LogP contribution in [0.3, 0.4) is 0 Å². The molecule has 0 radical (unpaired) electrons.